The first-order valence-electron chi connectivity index (χ1n) is 8.77. The molecule has 0 radical (unpaired) electrons. The average Bonchev–Trinajstić information content (AvgIpc) is 3.12. The van der Waals surface area contributed by atoms with Gasteiger partial charge in [-0.1, -0.05) is 18.2 Å². The summed E-state index contributed by atoms with van der Waals surface area (Å²) in [5, 5.41) is 2.91. The number of nitrogens with one attached hydrogen (secondary N) is 1. The lowest BCUT2D eigenvalue weighted by molar-refractivity contribution is 0.181. The fraction of sp³-hybridized carbons (Fsp3) is 0.190. The lowest BCUT2D eigenvalue weighted by Crippen LogP contribution is -2.44. The van der Waals surface area contributed by atoms with Crippen LogP contribution >= 0.6 is 0 Å². The molecule has 0 aliphatic carbocycles. The fourth-order valence-electron chi connectivity index (χ4n) is 3.55. The van der Waals surface area contributed by atoms with Gasteiger partial charge in [-0.05, 0) is 54.4 Å². The van der Waals surface area contributed by atoms with Crippen LogP contribution in [0, 0.1) is 18.6 Å². The van der Waals surface area contributed by atoms with Crippen LogP contribution in [0.3, 0.4) is 0 Å². The molecule has 1 aliphatic heterocycles. The van der Waals surface area contributed by atoms with Gasteiger partial charge < -0.3 is 14.8 Å². The van der Waals surface area contributed by atoms with E-state index in [1.165, 1.54) is 6.07 Å². The Morgan fingerprint density at radius 3 is 2.67 bits per heavy atom. The summed E-state index contributed by atoms with van der Waals surface area (Å²) in [4.78, 5) is 14.6. The van der Waals surface area contributed by atoms with Crippen LogP contribution in [0.25, 0.3) is 0 Å². The highest BCUT2D eigenvalue weighted by atomic mass is 19.2. The number of benzene rings is 2. The van der Waals surface area contributed by atoms with Gasteiger partial charge in [-0.3, -0.25) is 0 Å². The van der Waals surface area contributed by atoms with E-state index in [-0.39, 0.29) is 6.03 Å². The lowest BCUT2D eigenvalue weighted by Gasteiger charge is -2.37. The number of aryl methyl sites for hydroxylation is 1. The molecule has 1 aliphatic rings. The highest BCUT2D eigenvalue weighted by Crippen LogP contribution is 2.33. The number of anilines is 1. The molecule has 2 aromatic carbocycles. The maximum Gasteiger partial charge on any atom is 0.322 e. The van der Waals surface area contributed by atoms with Crippen LogP contribution in [-0.4, -0.2) is 22.0 Å². The summed E-state index contributed by atoms with van der Waals surface area (Å²) in [5.74, 6) is -1.82. The number of aromatic nitrogens is 1. The SMILES string of the molecule is Cc1cccc(NC(=O)N2CCn3cccc3C2c2ccc(F)c(F)c2)c1. The van der Waals surface area contributed by atoms with Gasteiger partial charge >= 0.3 is 6.03 Å². The molecule has 0 saturated heterocycles. The molecule has 0 saturated carbocycles. The van der Waals surface area contributed by atoms with Gasteiger partial charge in [0.2, 0.25) is 0 Å². The second-order valence-electron chi connectivity index (χ2n) is 6.70. The molecule has 4 nitrogen and oxygen atoms in total. The van der Waals surface area contributed by atoms with Gasteiger partial charge in [0.25, 0.3) is 0 Å². The maximum absolute atomic E-state index is 13.9. The van der Waals surface area contributed by atoms with E-state index >= 15 is 0 Å². The molecule has 0 fully saturated rings. The molecule has 1 unspecified atom stereocenters. The van der Waals surface area contributed by atoms with Crippen molar-refractivity contribution in [2.45, 2.75) is 19.5 Å². The quantitative estimate of drug-likeness (QED) is 0.700. The Kier molecular flexibility index (Phi) is 4.39. The molecule has 1 N–H and O–H groups in total. The van der Waals surface area contributed by atoms with Gasteiger partial charge in [0.15, 0.2) is 11.6 Å². The summed E-state index contributed by atoms with van der Waals surface area (Å²) < 4.78 is 29.3. The van der Waals surface area contributed by atoms with Crippen molar-refractivity contribution >= 4 is 11.7 Å². The van der Waals surface area contributed by atoms with Gasteiger partial charge in [-0.15, -0.1) is 0 Å². The summed E-state index contributed by atoms with van der Waals surface area (Å²) in [5.41, 5.74) is 3.14. The molecular weight excluding hydrogens is 348 g/mol. The third-order valence-corrected chi connectivity index (χ3v) is 4.83. The van der Waals surface area contributed by atoms with E-state index in [0.29, 0.717) is 24.3 Å². The average molecular weight is 367 g/mol. The normalized spacial score (nSPS) is 16.1. The third-order valence-electron chi connectivity index (χ3n) is 4.83. The van der Waals surface area contributed by atoms with Crippen molar-refractivity contribution in [1.82, 2.24) is 9.47 Å². The molecular formula is C21H19F2N3O. The van der Waals surface area contributed by atoms with Gasteiger partial charge in [0, 0.05) is 30.7 Å². The molecule has 0 spiro atoms. The predicted octanol–water partition coefficient (Wildman–Crippen LogP) is 4.71. The highest BCUT2D eigenvalue weighted by Gasteiger charge is 2.32. The number of urea groups is 1. The van der Waals surface area contributed by atoms with Crippen molar-refractivity contribution in [2.24, 2.45) is 0 Å². The Labute approximate surface area is 156 Å². The van der Waals surface area contributed by atoms with Crippen molar-refractivity contribution in [3.63, 3.8) is 0 Å². The zero-order chi connectivity index (χ0) is 19.0. The summed E-state index contributed by atoms with van der Waals surface area (Å²) in [6.07, 6.45) is 1.93. The van der Waals surface area contributed by atoms with Crippen molar-refractivity contribution < 1.29 is 13.6 Å². The number of hydrogen-bond acceptors (Lipinski definition) is 1. The molecule has 1 aromatic heterocycles. The number of amides is 2. The van der Waals surface area contributed by atoms with E-state index in [1.807, 2.05) is 54.1 Å². The van der Waals surface area contributed by atoms with E-state index in [1.54, 1.807) is 4.90 Å². The number of fused-ring (bicyclic) bond motifs is 1. The van der Waals surface area contributed by atoms with E-state index in [9.17, 15) is 13.6 Å². The molecule has 6 heteroatoms. The molecule has 4 rings (SSSR count). The molecule has 27 heavy (non-hydrogen) atoms. The first-order valence-corrected chi connectivity index (χ1v) is 8.77. The zero-order valence-electron chi connectivity index (χ0n) is 14.8. The lowest BCUT2D eigenvalue weighted by atomic mass is 10.00. The van der Waals surface area contributed by atoms with Crippen LogP contribution in [0.2, 0.25) is 0 Å². The number of hydrogen-bond donors (Lipinski definition) is 1. The number of carbonyl (C=O) groups is 1. The zero-order valence-corrected chi connectivity index (χ0v) is 14.8. The minimum Gasteiger partial charge on any atom is -0.348 e. The van der Waals surface area contributed by atoms with Crippen LogP contribution in [0.15, 0.2) is 60.8 Å². The van der Waals surface area contributed by atoms with Crippen LogP contribution in [0.1, 0.15) is 22.9 Å². The second kappa shape index (κ2) is 6.87. The topological polar surface area (TPSA) is 37.3 Å². The number of rotatable bonds is 2. The maximum atomic E-state index is 13.9. The molecule has 2 amide bonds. The standard InChI is InChI=1S/C21H19F2N3O/c1-14-4-2-5-16(12-14)24-21(27)26-11-10-25-9-3-6-19(25)20(26)15-7-8-17(22)18(23)13-15/h2-9,12-13,20H,10-11H2,1H3,(H,24,27). The van der Waals surface area contributed by atoms with Gasteiger partial charge in [-0.2, -0.15) is 0 Å². The third kappa shape index (κ3) is 3.30. The monoisotopic (exact) mass is 367 g/mol. The van der Waals surface area contributed by atoms with Crippen LogP contribution in [0.5, 0.6) is 0 Å². The Hall–Kier alpha value is -3.15. The van der Waals surface area contributed by atoms with Crippen LogP contribution in [-0.2, 0) is 6.54 Å². The van der Waals surface area contributed by atoms with Crippen LogP contribution < -0.4 is 5.32 Å². The van der Waals surface area contributed by atoms with Gasteiger partial charge in [-0.25, -0.2) is 13.6 Å². The number of halogens is 2. The van der Waals surface area contributed by atoms with Crippen molar-refractivity contribution in [3.05, 3.63) is 89.2 Å². The van der Waals surface area contributed by atoms with Gasteiger partial charge in [0.05, 0.1) is 6.04 Å². The first-order chi connectivity index (χ1) is 13.0. The van der Waals surface area contributed by atoms with E-state index in [2.05, 4.69) is 5.32 Å². The highest BCUT2D eigenvalue weighted by molar-refractivity contribution is 5.90. The smallest absolute Gasteiger partial charge is 0.322 e. The van der Waals surface area contributed by atoms with E-state index in [0.717, 1.165) is 23.4 Å². The first kappa shape index (κ1) is 17.3. The van der Waals surface area contributed by atoms with Crippen molar-refractivity contribution in [1.29, 1.82) is 0 Å². The molecule has 1 atom stereocenters. The van der Waals surface area contributed by atoms with Gasteiger partial charge in [0.1, 0.15) is 0 Å². The fourth-order valence-corrected chi connectivity index (χ4v) is 3.55. The van der Waals surface area contributed by atoms with Crippen LogP contribution in [0.4, 0.5) is 19.3 Å². The Bertz CT molecular complexity index is 999. The Balaban J connectivity index is 1.70. The second-order valence-corrected chi connectivity index (χ2v) is 6.70. The molecule has 2 heterocycles. The Morgan fingerprint density at radius 1 is 1.04 bits per heavy atom. The largest absolute Gasteiger partial charge is 0.348 e. The predicted molar refractivity (Wildman–Crippen MR) is 99.5 cm³/mol. The van der Waals surface area contributed by atoms with Crippen molar-refractivity contribution in [3.8, 4) is 0 Å². The van der Waals surface area contributed by atoms with E-state index in [4.69, 9.17) is 0 Å². The molecule has 0 bridgehead atoms. The minimum atomic E-state index is -0.921. The summed E-state index contributed by atoms with van der Waals surface area (Å²) in [7, 11) is 0. The summed E-state index contributed by atoms with van der Waals surface area (Å²) in [6, 6.07) is 14.4. The minimum absolute atomic E-state index is 0.275. The number of nitrogens with zero attached hydrogens (tertiary/aromatic N) is 2. The number of carbonyl (C=O) groups excluding carboxylic acids is 1. The molecule has 3 aromatic rings. The summed E-state index contributed by atoms with van der Waals surface area (Å²) in [6.45, 7) is 3.06. The summed E-state index contributed by atoms with van der Waals surface area (Å²) >= 11 is 0. The van der Waals surface area contributed by atoms with Crippen molar-refractivity contribution in [2.75, 3.05) is 11.9 Å². The van der Waals surface area contributed by atoms with E-state index < -0.39 is 17.7 Å². The molecule has 138 valence electrons. The Morgan fingerprint density at radius 2 is 1.89 bits per heavy atom.